The van der Waals surface area contributed by atoms with Gasteiger partial charge in [0.05, 0.1) is 7.11 Å². The summed E-state index contributed by atoms with van der Waals surface area (Å²) in [4.78, 5) is 20.1. The van der Waals surface area contributed by atoms with E-state index in [1.54, 1.807) is 34.2 Å². The van der Waals surface area contributed by atoms with E-state index in [4.69, 9.17) is 4.74 Å². The second-order valence-electron chi connectivity index (χ2n) is 5.16. The lowest BCUT2D eigenvalue weighted by atomic mass is 10.2. The van der Waals surface area contributed by atoms with Crippen molar-refractivity contribution >= 4 is 27.8 Å². The Labute approximate surface area is 141 Å². The first kappa shape index (κ1) is 15.7. The molecule has 23 heavy (non-hydrogen) atoms. The Kier molecular flexibility index (Phi) is 4.47. The average molecular weight is 380 g/mol. The summed E-state index contributed by atoms with van der Waals surface area (Å²) >= 11 is 3.33. The molecule has 1 aromatic carbocycles. The highest BCUT2D eigenvalue weighted by Gasteiger charge is 2.30. The molecule has 0 unspecified atom stereocenters. The SMILES string of the molecule is COc1cc(CN2CCN(c3ccc(Br)cn3)C2=O)ccc1F. The van der Waals surface area contributed by atoms with Crippen molar-refractivity contribution in [3.8, 4) is 5.75 Å². The highest BCUT2D eigenvalue weighted by atomic mass is 79.9. The highest BCUT2D eigenvalue weighted by molar-refractivity contribution is 9.10. The molecule has 0 bridgehead atoms. The van der Waals surface area contributed by atoms with Crippen molar-refractivity contribution < 1.29 is 13.9 Å². The van der Waals surface area contributed by atoms with E-state index in [2.05, 4.69) is 20.9 Å². The number of nitrogens with zero attached hydrogens (tertiary/aromatic N) is 3. The number of hydrogen-bond acceptors (Lipinski definition) is 3. The zero-order valence-corrected chi connectivity index (χ0v) is 14.1. The van der Waals surface area contributed by atoms with Gasteiger partial charge in [0.1, 0.15) is 5.82 Å². The number of urea groups is 1. The lowest BCUT2D eigenvalue weighted by Gasteiger charge is -2.18. The second kappa shape index (κ2) is 6.54. The predicted molar refractivity (Wildman–Crippen MR) is 88.0 cm³/mol. The number of carbonyl (C=O) groups excluding carboxylic acids is 1. The standard InChI is InChI=1S/C16H15BrFN3O2/c1-23-14-8-11(2-4-13(14)18)10-20-6-7-21(16(20)22)15-5-3-12(17)9-19-15/h2-5,8-9H,6-7,10H2,1H3. The summed E-state index contributed by atoms with van der Waals surface area (Å²) in [5.74, 6) is 0.391. The molecule has 0 spiro atoms. The van der Waals surface area contributed by atoms with E-state index in [1.165, 1.54) is 13.2 Å². The molecule has 1 aliphatic rings. The maximum atomic E-state index is 13.5. The first-order chi connectivity index (χ1) is 11.1. The number of pyridine rings is 1. The van der Waals surface area contributed by atoms with E-state index in [1.807, 2.05) is 6.07 Å². The maximum absolute atomic E-state index is 13.5. The van der Waals surface area contributed by atoms with Crippen molar-refractivity contribution in [3.63, 3.8) is 0 Å². The average Bonchev–Trinajstić information content (AvgIpc) is 2.91. The summed E-state index contributed by atoms with van der Waals surface area (Å²) in [5.41, 5.74) is 0.821. The molecule has 0 aliphatic carbocycles. The van der Waals surface area contributed by atoms with Crippen LogP contribution in [0.2, 0.25) is 0 Å². The molecule has 2 heterocycles. The van der Waals surface area contributed by atoms with Crippen molar-refractivity contribution in [2.24, 2.45) is 0 Å². The quantitative estimate of drug-likeness (QED) is 0.817. The molecule has 7 heteroatoms. The predicted octanol–water partition coefficient (Wildman–Crippen LogP) is 3.43. The van der Waals surface area contributed by atoms with Gasteiger partial charge in [-0.05, 0) is 45.8 Å². The molecule has 5 nitrogen and oxygen atoms in total. The number of methoxy groups -OCH3 is 1. The molecule has 0 radical (unpaired) electrons. The van der Waals surface area contributed by atoms with Gasteiger partial charge in [0.15, 0.2) is 11.6 Å². The van der Waals surface area contributed by atoms with Gasteiger partial charge in [-0.2, -0.15) is 0 Å². The van der Waals surface area contributed by atoms with Crippen LogP contribution in [0.15, 0.2) is 41.0 Å². The van der Waals surface area contributed by atoms with Gasteiger partial charge in [0.25, 0.3) is 0 Å². The fourth-order valence-electron chi connectivity index (χ4n) is 2.49. The number of ether oxygens (including phenoxy) is 1. The van der Waals surface area contributed by atoms with Gasteiger partial charge in [0.2, 0.25) is 0 Å². The van der Waals surface area contributed by atoms with Crippen LogP contribution in [-0.2, 0) is 6.54 Å². The fraction of sp³-hybridized carbons (Fsp3) is 0.250. The van der Waals surface area contributed by atoms with Crippen LogP contribution in [0.1, 0.15) is 5.56 Å². The molecule has 0 N–H and O–H groups in total. The summed E-state index contributed by atoms with van der Waals surface area (Å²) in [6.45, 7) is 1.57. The van der Waals surface area contributed by atoms with Gasteiger partial charge in [-0.15, -0.1) is 0 Å². The number of amides is 2. The van der Waals surface area contributed by atoms with Crippen molar-refractivity contribution in [2.45, 2.75) is 6.54 Å². The normalized spacial score (nSPS) is 14.5. The molecule has 1 aromatic heterocycles. The number of benzene rings is 1. The number of rotatable bonds is 4. The van der Waals surface area contributed by atoms with Gasteiger partial charge < -0.3 is 9.64 Å². The minimum absolute atomic E-state index is 0.108. The molecule has 1 aliphatic heterocycles. The zero-order chi connectivity index (χ0) is 16.4. The van der Waals surface area contributed by atoms with Crippen LogP contribution in [0.25, 0.3) is 0 Å². The Morgan fingerprint density at radius 1 is 1.30 bits per heavy atom. The van der Waals surface area contributed by atoms with Crippen molar-refractivity contribution in [2.75, 3.05) is 25.1 Å². The van der Waals surface area contributed by atoms with Crippen LogP contribution in [0.3, 0.4) is 0 Å². The maximum Gasteiger partial charge on any atom is 0.326 e. The Balaban J connectivity index is 1.73. The minimum atomic E-state index is -0.412. The topological polar surface area (TPSA) is 45.7 Å². The first-order valence-electron chi connectivity index (χ1n) is 7.09. The lowest BCUT2D eigenvalue weighted by Crippen LogP contribution is -2.31. The Hall–Kier alpha value is -2.15. The van der Waals surface area contributed by atoms with Gasteiger partial charge in [-0.25, -0.2) is 14.2 Å². The summed E-state index contributed by atoms with van der Waals surface area (Å²) in [6.07, 6.45) is 1.66. The number of carbonyl (C=O) groups is 1. The molecule has 2 amide bonds. The second-order valence-corrected chi connectivity index (χ2v) is 6.07. The van der Waals surface area contributed by atoms with Crippen LogP contribution in [0, 0.1) is 5.82 Å². The third kappa shape index (κ3) is 3.29. The van der Waals surface area contributed by atoms with E-state index in [0.29, 0.717) is 25.5 Å². The minimum Gasteiger partial charge on any atom is -0.494 e. The monoisotopic (exact) mass is 379 g/mol. The largest absolute Gasteiger partial charge is 0.494 e. The molecular formula is C16H15BrFN3O2. The van der Waals surface area contributed by atoms with Crippen LogP contribution in [0.5, 0.6) is 5.75 Å². The summed E-state index contributed by atoms with van der Waals surface area (Å²) in [6, 6.07) is 8.16. The third-order valence-corrected chi connectivity index (χ3v) is 4.14. The van der Waals surface area contributed by atoms with Crippen molar-refractivity contribution in [1.29, 1.82) is 0 Å². The van der Waals surface area contributed by atoms with Gasteiger partial charge in [-0.1, -0.05) is 6.07 Å². The molecule has 1 fully saturated rings. The van der Waals surface area contributed by atoms with E-state index in [9.17, 15) is 9.18 Å². The Bertz CT molecular complexity index is 724. The van der Waals surface area contributed by atoms with Crippen LogP contribution in [-0.4, -0.2) is 36.1 Å². The highest BCUT2D eigenvalue weighted by Crippen LogP contribution is 2.23. The molecule has 2 aromatic rings. The lowest BCUT2D eigenvalue weighted by molar-refractivity contribution is 0.218. The van der Waals surface area contributed by atoms with E-state index in [0.717, 1.165) is 10.0 Å². The van der Waals surface area contributed by atoms with Gasteiger partial charge in [0, 0.05) is 30.3 Å². The van der Waals surface area contributed by atoms with Crippen molar-refractivity contribution in [1.82, 2.24) is 9.88 Å². The Morgan fingerprint density at radius 3 is 2.83 bits per heavy atom. The molecule has 120 valence electrons. The van der Waals surface area contributed by atoms with Crippen LogP contribution in [0.4, 0.5) is 15.0 Å². The summed E-state index contributed by atoms with van der Waals surface area (Å²) < 4.78 is 19.3. The van der Waals surface area contributed by atoms with E-state index in [-0.39, 0.29) is 11.8 Å². The molecule has 1 saturated heterocycles. The molecular weight excluding hydrogens is 365 g/mol. The third-order valence-electron chi connectivity index (χ3n) is 3.67. The van der Waals surface area contributed by atoms with Crippen LogP contribution < -0.4 is 9.64 Å². The molecule has 3 rings (SSSR count). The summed E-state index contributed by atoms with van der Waals surface area (Å²) in [7, 11) is 1.42. The Morgan fingerprint density at radius 2 is 2.13 bits per heavy atom. The van der Waals surface area contributed by atoms with E-state index >= 15 is 0 Å². The number of hydrogen-bond donors (Lipinski definition) is 0. The summed E-state index contributed by atoms with van der Waals surface area (Å²) in [5, 5.41) is 0. The first-order valence-corrected chi connectivity index (χ1v) is 7.88. The van der Waals surface area contributed by atoms with E-state index < -0.39 is 5.82 Å². The zero-order valence-electron chi connectivity index (χ0n) is 12.5. The fourth-order valence-corrected chi connectivity index (χ4v) is 2.73. The van der Waals surface area contributed by atoms with Gasteiger partial charge in [-0.3, -0.25) is 4.90 Å². The number of aromatic nitrogens is 1. The number of anilines is 1. The van der Waals surface area contributed by atoms with Gasteiger partial charge >= 0.3 is 6.03 Å². The number of halogens is 2. The smallest absolute Gasteiger partial charge is 0.326 e. The molecule has 0 atom stereocenters. The van der Waals surface area contributed by atoms with Crippen LogP contribution >= 0.6 is 15.9 Å². The van der Waals surface area contributed by atoms with Crippen molar-refractivity contribution in [3.05, 3.63) is 52.4 Å². The molecule has 0 saturated carbocycles.